The van der Waals surface area contributed by atoms with Crippen molar-refractivity contribution >= 4 is 44.3 Å². The van der Waals surface area contributed by atoms with Gasteiger partial charge in [-0.3, -0.25) is 0 Å². The van der Waals surface area contributed by atoms with Gasteiger partial charge in [-0.2, -0.15) is 21.6 Å². The minimum absolute atomic E-state index is 0.221. The van der Waals surface area contributed by atoms with E-state index in [9.17, 15) is 26.4 Å². The third-order valence-corrected chi connectivity index (χ3v) is 3.89. The summed E-state index contributed by atoms with van der Waals surface area (Å²) in [5, 5.41) is 5.79. The van der Waals surface area contributed by atoms with Crippen molar-refractivity contribution in [1.82, 2.24) is 0 Å². The molecule has 4 nitrogen and oxygen atoms in total. The molecule has 0 radical (unpaired) electrons. The first kappa shape index (κ1) is 15.1. The predicted octanol–water partition coefficient (Wildman–Crippen LogP) is 1.73. The van der Waals surface area contributed by atoms with Crippen molar-refractivity contribution in [2.75, 3.05) is 0 Å². The first-order valence-electron chi connectivity index (χ1n) is 4.09. The minimum atomic E-state index is -4.99. The van der Waals surface area contributed by atoms with E-state index >= 15 is 0 Å². The largest absolute Gasteiger partial charge is 0.478 e. The van der Waals surface area contributed by atoms with Crippen LogP contribution in [0.15, 0.2) is 22.3 Å². The van der Waals surface area contributed by atoms with Crippen molar-refractivity contribution in [3.8, 4) is 0 Å². The van der Waals surface area contributed by atoms with E-state index in [1.165, 1.54) is 0 Å². The van der Waals surface area contributed by atoms with Gasteiger partial charge in [0, 0.05) is 0 Å². The fraction of sp³-hybridized carbons (Fsp3) is 0.250. The summed E-state index contributed by atoms with van der Waals surface area (Å²) in [5.41, 5.74) is -2.47. The van der Waals surface area contributed by atoms with Crippen LogP contribution >= 0.6 is 23.2 Å². The van der Waals surface area contributed by atoms with Crippen molar-refractivity contribution in [3.05, 3.63) is 22.3 Å². The van der Waals surface area contributed by atoms with Gasteiger partial charge in [-0.1, -0.05) is 11.6 Å². The molecule has 100 valence electrons. The Balaban J connectivity index is 3.68. The summed E-state index contributed by atoms with van der Waals surface area (Å²) in [7, 11) is -3.16. The molecule has 0 aromatic carbocycles. The van der Waals surface area contributed by atoms with Gasteiger partial charge in [-0.05, 0) is 6.08 Å². The first-order chi connectivity index (χ1) is 8.07. The normalized spacial score (nSPS) is 20.8. The molecular weight excluding hydrogens is 320 g/mol. The monoisotopic (exact) mass is 322 g/mol. The van der Waals surface area contributed by atoms with Crippen molar-refractivity contribution in [2.45, 2.75) is 11.6 Å². The summed E-state index contributed by atoms with van der Waals surface area (Å²) >= 11 is 10.8. The summed E-state index contributed by atoms with van der Waals surface area (Å²) < 4.78 is 59.2. The number of aliphatic carboxylic acids is 1. The quantitative estimate of drug-likeness (QED) is 0.589. The van der Waals surface area contributed by atoms with Gasteiger partial charge in [-0.15, -0.1) is 11.6 Å². The maximum Gasteiger partial charge on any atom is 0.417 e. The Hall–Kier alpha value is -0.990. The van der Waals surface area contributed by atoms with Crippen molar-refractivity contribution in [3.63, 3.8) is 0 Å². The number of carboxylic acids is 1. The summed E-state index contributed by atoms with van der Waals surface area (Å²) in [4.78, 5) is 9.70. The Morgan fingerprint density at radius 3 is 2.22 bits per heavy atom. The van der Waals surface area contributed by atoms with Crippen LogP contribution in [0.5, 0.6) is 0 Å². The zero-order valence-corrected chi connectivity index (χ0v) is 10.5. The second-order valence-electron chi connectivity index (χ2n) is 3.09. The molecule has 1 rings (SSSR count). The maximum absolute atomic E-state index is 12.6. The van der Waals surface area contributed by atoms with Gasteiger partial charge in [0.1, 0.15) is 10.2 Å². The molecule has 1 N–H and O–H groups in total. The van der Waals surface area contributed by atoms with Gasteiger partial charge in [0.05, 0.1) is 16.2 Å². The van der Waals surface area contributed by atoms with Gasteiger partial charge >= 0.3 is 12.1 Å². The van der Waals surface area contributed by atoms with Crippen LogP contribution in [0.25, 0.3) is 0 Å². The Bertz CT molecular complexity index is 592. The van der Waals surface area contributed by atoms with Gasteiger partial charge in [0.25, 0.3) is 0 Å². The topological polar surface area (TPSA) is 71.4 Å². The average Bonchev–Trinajstić information content (AvgIpc) is 2.13. The molecule has 0 spiro atoms. The smallest absolute Gasteiger partial charge is 0.417 e. The average molecular weight is 323 g/mol. The van der Waals surface area contributed by atoms with Crippen molar-refractivity contribution in [1.29, 1.82) is 0 Å². The first-order valence-corrected chi connectivity index (χ1v) is 5.98. The Morgan fingerprint density at radius 1 is 1.39 bits per heavy atom. The lowest BCUT2D eigenvalue weighted by atomic mass is 9.98. The summed E-state index contributed by atoms with van der Waals surface area (Å²) in [6.45, 7) is 0. The molecule has 0 saturated carbocycles. The van der Waals surface area contributed by atoms with Gasteiger partial charge in [0.2, 0.25) is 10.3 Å². The molecule has 0 aliphatic heterocycles. The van der Waals surface area contributed by atoms with E-state index < -0.39 is 48.9 Å². The molecule has 0 bridgehead atoms. The van der Waals surface area contributed by atoms with Crippen LogP contribution < -0.4 is 0 Å². The van der Waals surface area contributed by atoms with Crippen molar-refractivity contribution < 1.29 is 31.5 Å². The summed E-state index contributed by atoms with van der Waals surface area (Å²) in [5.74, 6) is -1.76. The van der Waals surface area contributed by atoms with Gasteiger partial charge in [0.15, 0.2) is 0 Å². The lowest BCUT2D eigenvalue weighted by Gasteiger charge is -2.20. The zero-order chi connectivity index (χ0) is 14.2. The van der Waals surface area contributed by atoms with E-state index in [0.717, 1.165) is 0 Å². The second kappa shape index (κ2) is 4.94. The molecule has 1 aliphatic rings. The van der Waals surface area contributed by atoms with E-state index in [0.29, 0.717) is 0 Å². The fourth-order valence-electron chi connectivity index (χ4n) is 1.21. The SMILES string of the molecule is O=C(O)C1=CC(C(F)(F)F)=C(Cl)C(=S(=O)=O)C1Cl. The highest BCUT2D eigenvalue weighted by atomic mass is 35.5. The predicted molar refractivity (Wildman–Crippen MR) is 58.2 cm³/mol. The highest BCUT2D eigenvalue weighted by Crippen LogP contribution is 2.37. The van der Waals surface area contributed by atoms with E-state index in [1.807, 2.05) is 0 Å². The van der Waals surface area contributed by atoms with Crippen LogP contribution in [-0.2, 0) is 15.1 Å². The number of alkyl halides is 4. The third kappa shape index (κ3) is 2.70. The lowest BCUT2D eigenvalue weighted by molar-refractivity contribution is -0.132. The standard InChI is InChI=1S/C8H3Cl2F3O4S/c9-4-2(7(14)15)1-3(8(11,12)13)5(10)6(4)18(16)17/h1,4H,(H,14,15). The molecule has 1 aliphatic carbocycles. The molecule has 0 aromatic heterocycles. The molecule has 10 heteroatoms. The van der Waals surface area contributed by atoms with Crippen LogP contribution in [0.1, 0.15) is 0 Å². The summed E-state index contributed by atoms with van der Waals surface area (Å²) in [6, 6.07) is 0. The van der Waals surface area contributed by atoms with E-state index in [-0.39, 0.29) is 6.08 Å². The van der Waals surface area contributed by atoms with E-state index in [1.54, 1.807) is 0 Å². The molecular formula is C8H3Cl2F3O4S. The number of hydrogen-bond acceptors (Lipinski definition) is 3. The van der Waals surface area contributed by atoms with Crippen LogP contribution in [0, 0.1) is 0 Å². The zero-order valence-electron chi connectivity index (χ0n) is 8.12. The second-order valence-corrected chi connectivity index (χ2v) is 4.82. The molecule has 0 heterocycles. The Morgan fingerprint density at radius 2 is 1.89 bits per heavy atom. The van der Waals surface area contributed by atoms with Crippen LogP contribution in [0.4, 0.5) is 13.2 Å². The van der Waals surface area contributed by atoms with Crippen molar-refractivity contribution in [2.24, 2.45) is 0 Å². The molecule has 1 unspecified atom stereocenters. The molecule has 0 aromatic rings. The number of carbonyl (C=O) groups is 1. The van der Waals surface area contributed by atoms with Crippen LogP contribution in [0.2, 0.25) is 0 Å². The van der Waals surface area contributed by atoms with Crippen LogP contribution in [-0.4, -0.2) is 35.9 Å². The van der Waals surface area contributed by atoms with Gasteiger partial charge < -0.3 is 5.11 Å². The highest BCUT2D eigenvalue weighted by Gasteiger charge is 2.42. The maximum atomic E-state index is 12.6. The number of rotatable bonds is 1. The van der Waals surface area contributed by atoms with Gasteiger partial charge in [-0.25, -0.2) is 4.79 Å². The summed E-state index contributed by atoms with van der Waals surface area (Å²) in [6.07, 6.45) is -4.77. The lowest BCUT2D eigenvalue weighted by Crippen LogP contribution is -2.30. The van der Waals surface area contributed by atoms with Crippen LogP contribution in [0.3, 0.4) is 0 Å². The number of carboxylic acid groups (broad SMARTS) is 1. The molecule has 18 heavy (non-hydrogen) atoms. The molecule has 0 amide bonds. The highest BCUT2D eigenvalue weighted by molar-refractivity contribution is 7.74. The van der Waals surface area contributed by atoms with E-state index in [2.05, 4.69) is 0 Å². The molecule has 1 atom stereocenters. The number of halogens is 5. The number of hydrogen-bond donors (Lipinski definition) is 1. The Kier molecular flexibility index (Phi) is 4.14. The number of allylic oxidation sites excluding steroid dienone is 3. The fourth-order valence-corrected chi connectivity index (χ4v) is 2.76. The minimum Gasteiger partial charge on any atom is -0.478 e. The third-order valence-electron chi connectivity index (χ3n) is 1.99. The molecule has 0 saturated heterocycles. The van der Waals surface area contributed by atoms with E-state index in [4.69, 9.17) is 28.3 Å². The Labute approximate surface area is 110 Å². The molecule has 0 fully saturated rings.